The topological polar surface area (TPSA) is 26.3 Å². The van der Waals surface area contributed by atoms with Crippen molar-refractivity contribution < 1.29 is 8.83 Å². The van der Waals surface area contributed by atoms with E-state index in [-0.39, 0.29) is 13.4 Å². The van der Waals surface area contributed by atoms with E-state index in [2.05, 4.69) is 219 Å². The van der Waals surface area contributed by atoms with Crippen LogP contribution in [0.2, 0.25) is 0 Å². The van der Waals surface area contributed by atoms with Crippen molar-refractivity contribution in [1.82, 2.24) is 0 Å². The van der Waals surface area contributed by atoms with Gasteiger partial charge in [0.2, 0.25) is 13.4 Å². The second-order valence-electron chi connectivity index (χ2n) is 24.4. The van der Waals surface area contributed by atoms with E-state index in [0.717, 1.165) is 39.5 Å². The summed E-state index contributed by atoms with van der Waals surface area (Å²) in [6, 6.07) is 81.8. The van der Waals surface area contributed by atoms with E-state index >= 15 is 0 Å². The molecule has 2 nitrogen and oxygen atoms in total. The lowest BCUT2D eigenvalue weighted by molar-refractivity contribution is 0.672. The molecule has 4 aliphatic heterocycles. The Labute approximate surface area is 488 Å². The molecule has 0 N–H and O–H groups in total. The van der Waals surface area contributed by atoms with Crippen molar-refractivity contribution in [3.05, 3.63) is 229 Å². The summed E-state index contributed by atoms with van der Waals surface area (Å²) in [5.41, 5.74) is 26.7. The smallest absolute Gasteiger partial charge is 0.244 e. The molecule has 0 fully saturated rings. The molecule has 382 valence electrons. The molecule has 0 bridgehead atoms. The third-order valence-corrected chi connectivity index (χ3v) is 22.7. The summed E-state index contributed by atoms with van der Waals surface area (Å²) in [6.07, 6.45) is 0.769. The van der Waals surface area contributed by atoms with Crippen molar-refractivity contribution in [3.63, 3.8) is 0 Å². The van der Waals surface area contributed by atoms with E-state index in [4.69, 9.17) is 8.83 Å². The number of hydrogen-bond acceptors (Lipinski definition) is 4. The molecule has 0 amide bonds. The third kappa shape index (κ3) is 5.26. The molecule has 0 spiro atoms. The van der Waals surface area contributed by atoms with E-state index in [1.165, 1.54) is 188 Å². The Bertz CT molecular complexity index is 6060. The van der Waals surface area contributed by atoms with Gasteiger partial charge in [0, 0.05) is 72.7 Å². The number of furan rings is 2. The molecule has 0 aliphatic carbocycles. The minimum atomic E-state index is -0.0247. The number of rotatable bonds is 2. The van der Waals surface area contributed by atoms with Gasteiger partial charge in [-0.1, -0.05) is 203 Å². The Hall–Kier alpha value is -9.71. The quantitative estimate of drug-likeness (QED) is 0.161. The molecule has 14 aromatic carbocycles. The molecule has 0 atom stereocenters. The fraction of sp³-hybridized carbons (Fsp3) is 0.0256. The van der Waals surface area contributed by atoms with Gasteiger partial charge in [0.05, 0.1) is 0 Å². The number of hydrogen-bond donors (Lipinski definition) is 0. The second kappa shape index (κ2) is 15.1. The number of para-hydroxylation sites is 2. The summed E-state index contributed by atoms with van der Waals surface area (Å²) in [6.45, 7) is 2.34. The molecule has 4 aliphatic rings. The van der Waals surface area contributed by atoms with Crippen LogP contribution in [-0.2, 0) is 6.42 Å². The van der Waals surface area contributed by atoms with Crippen molar-refractivity contribution in [2.75, 3.05) is 0 Å². The largest absolute Gasteiger partial charge is 0.455 e. The number of aryl methyl sites for hydroxylation is 1. The van der Waals surface area contributed by atoms with Gasteiger partial charge in [0.15, 0.2) is 0 Å². The predicted octanol–water partition coefficient (Wildman–Crippen LogP) is 17.7. The molecule has 0 unspecified atom stereocenters. The van der Waals surface area contributed by atoms with Crippen molar-refractivity contribution in [2.45, 2.75) is 13.3 Å². The summed E-state index contributed by atoms with van der Waals surface area (Å²) >= 11 is 3.90. The fourth-order valence-corrected chi connectivity index (χ4v) is 19.5. The van der Waals surface area contributed by atoms with Crippen LogP contribution < -0.4 is 32.8 Å². The van der Waals surface area contributed by atoms with Crippen LogP contribution in [0.4, 0.5) is 0 Å². The Balaban J connectivity index is 0.836. The van der Waals surface area contributed by atoms with Crippen LogP contribution in [0.5, 0.6) is 0 Å². The lowest BCUT2D eigenvalue weighted by Crippen LogP contribution is -2.57. The maximum atomic E-state index is 6.89. The molecule has 22 rings (SSSR count). The molecule has 18 aromatic rings. The van der Waals surface area contributed by atoms with Gasteiger partial charge in [-0.15, -0.1) is 22.7 Å². The molecule has 0 saturated heterocycles. The van der Waals surface area contributed by atoms with Crippen LogP contribution in [0.25, 0.3) is 172 Å². The molecular formula is C78H40B2O2S2. The summed E-state index contributed by atoms with van der Waals surface area (Å²) < 4.78 is 19.2. The highest BCUT2D eigenvalue weighted by Gasteiger charge is 2.43. The van der Waals surface area contributed by atoms with Gasteiger partial charge in [-0.05, 0) is 149 Å². The maximum Gasteiger partial charge on any atom is 0.244 e. The molecule has 6 heteroatoms. The van der Waals surface area contributed by atoms with Crippen molar-refractivity contribution >= 4 is 196 Å². The predicted molar refractivity (Wildman–Crippen MR) is 362 cm³/mol. The first-order valence-corrected chi connectivity index (χ1v) is 31.0. The van der Waals surface area contributed by atoms with Crippen LogP contribution in [0.1, 0.15) is 16.7 Å². The van der Waals surface area contributed by atoms with Gasteiger partial charge < -0.3 is 8.83 Å². The zero-order valence-corrected chi connectivity index (χ0v) is 46.8. The zero-order valence-electron chi connectivity index (χ0n) is 45.2. The Morgan fingerprint density at radius 2 is 0.750 bits per heavy atom. The van der Waals surface area contributed by atoms with E-state index in [1.54, 1.807) is 0 Å². The van der Waals surface area contributed by atoms with Crippen LogP contribution in [0.15, 0.2) is 221 Å². The summed E-state index contributed by atoms with van der Waals surface area (Å²) in [4.78, 5) is 0. The van der Waals surface area contributed by atoms with Crippen LogP contribution in [-0.4, -0.2) is 13.4 Å². The van der Waals surface area contributed by atoms with Gasteiger partial charge in [-0.2, -0.15) is 0 Å². The Morgan fingerprint density at radius 1 is 0.310 bits per heavy atom. The molecule has 8 heterocycles. The van der Waals surface area contributed by atoms with E-state index in [0.29, 0.717) is 0 Å². The lowest BCUT2D eigenvalue weighted by Gasteiger charge is -2.35. The summed E-state index contributed by atoms with van der Waals surface area (Å²) in [7, 11) is 0. The van der Waals surface area contributed by atoms with Crippen LogP contribution in [0, 0.1) is 6.92 Å². The van der Waals surface area contributed by atoms with Gasteiger partial charge in [0.25, 0.3) is 0 Å². The highest BCUT2D eigenvalue weighted by molar-refractivity contribution is 7.27. The summed E-state index contributed by atoms with van der Waals surface area (Å²) in [5, 5.41) is 20.5. The Morgan fingerprint density at radius 3 is 1.35 bits per heavy atom. The first kappa shape index (κ1) is 43.9. The van der Waals surface area contributed by atoms with E-state index in [9.17, 15) is 0 Å². The zero-order chi connectivity index (χ0) is 54.1. The fourth-order valence-electron chi connectivity index (χ4n) is 17.1. The molecule has 4 aromatic heterocycles. The number of thiophene rings is 2. The van der Waals surface area contributed by atoms with Crippen molar-refractivity contribution in [3.8, 4) is 44.5 Å². The van der Waals surface area contributed by atoms with E-state index < -0.39 is 0 Å². The van der Waals surface area contributed by atoms with E-state index in [1.807, 2.05) is 22.7 Å². The average Bonchev–Trinajstić information content (AvgIpc) is 1.15. The average molecular weight is 1090 g/mol. The summed E-state index contributed by atoms with van der Waals surface area (Å²) in [5.74, 6) is 0. The number of benzene rings is 14. The maximum absolute atomic E-state index is 6.89. The second-order valence-corrected chi connectivity index (χ2v) is 26.5. The highest BCUT2D eigenvalue weighted by Crippen LogP contribution is 2.50. The monoisotopic (exact) mass is 1090 g/mol. The first-order chi connectivity index (χ1) is 41.5. The van der Waals surface area contributed by atoms with Crippen molar-refractivity contribution in [1.29, 1.82) is 0 Å². The molecule has 0 saturated carbocycles. The number of fused-ring (bicyclic) bond motifs is 24. The lowest BCUT2D eigenvalue weighted by atomic mass is 9.30. The van der Waals surface area contributed by atoms with Crippen LogP contribution in [0.3, 0.4) is 0 Å². The first-order valence-electron chi connectivity index (χ1n) is 29.4. The van der Waals surface area contributed by atoms with Crippen molar-refractivity contribution in [2.24, 2.45) is 0 Å². The molecule has 84 heavy (non-hydrogen) atoms. The normalized spacial score (nSPS) is 13.5. The molecule has 0 radical (unpaired) electrons. The third-order valence-electron chi connectivity index (χ3n) is 20.2. The minimum Gasteiger partial charge on any atom is -0.455 e. The minimum absolute atomic E-state index is 0.0247. The van der Waals surface area contributed by atoms with Crippen LogP contribution >= 0.6 is 22.7 Å². The molecular weight excluding hydrogens is 1050 g/mol. The van der Waals surface area contributed by atoms with Gasteiger partial charge in [-0.25, -0.2) is 0 Å². The SMILES string of the molecule is Cc1cc2c3c(c1)-c1cc4c5ccccc5sc4c4cc(Cc5cc6c7c(c5)-c5cccc8c5c(cc5c9ccccc9oc85)B7c5cc7c8ccccc8oc7c7cccc-6c57)cc(c14)B3c1cccc3c1c-2cc1c2ccccc2sc31. The highest BCUT2D eigenvalue weighted by atomic mass is 32.1. The van der Waals surface area contributed by atoms with Gasteiger partial charge in [0.1, 0.15) is 22.3 Å². The standard InChI is InChI=1S/C78H40B2O2S2/c1-38-27-52-50-34-58-43-15-4-8-25-67(43)83-77(58)49-21-12-22-61(71(49)50)79-62-33-40(32-60-72(62)51(53(28-38)73(52)79)35-59-44-16-5-9-26-68(44)84-78(59)60)29-39-30-54-45-17-10-19-47-69(45)63(36-56-41-13-2-6-23-65(41)81-75(47)56)80-64-37-57-42-14-3-7-24-66(42)82-76(57)48-20-11-18-46(70(48)64)55(31-39)74(54)80/h2-28,30-37H,29H2,1H3. The van der Waals surface area contributed by atoms with Gasteiger partial charge in [-0.3, -0.25) is 0 Å². The van der Waals surface area contributed by atoms with Gasteiger partial charge >= 0.3 is 0 Å². The Kier molecular flexibility index (Phi) is 7.90.